The summed E-state index contributed by atoms with van der Waals surface area (Å²) in [6, 6.07) is 20.9. The molecule has 2 bridgehead atoms. The predicted molar refractivity (Wildman–Crippen MR) is 143 cm³/mol. The number of hydrogen-bond donors (Lipinski definition) is 1. The second-order valence-electron chi connectivity index (χ2n) is 10.6. The Labute approximate surface area is 214 Å². The van der Waals surface area contributed by atoms with Crippen molar-refractivity contribution in [2.45, 2.75) is 70.2 Å². The molecule has 3 aliphatic heterocycles. The maximum absolute atomic E-state index is 5.99. The van der Waals surface area contributed by atoms with Crippen LogP contribution in [0.25, 0.3) is 0 Å². The highest BCUT2D eigenvalue weighted by molar-refractivity contribution is 6.30. The zero-order chi connectivity index (χ0) is 23.8. The Morgan fingerprint density at radius 3 is 2.49 bits per heavy atom. The highest BCUT2D eigenvalue weighted by atomic mass is 35.5. The smallest absolute Gasteiger partial charge is 0.106 e. The number of nitrogens with one attached hydrogen (secondary N) is 1. The molecule has 35 heavy (non-hydrogen) atoms. The maximum Gasteiger partial charge on any atom is 0.106 e. The Bertz CT molecular complexity index is 1130. The second-order valence-corrected chi connectivity index (χ2v) is 11.0. The molecular weight excluding hydrogens is 454 g/mol. The van der Waals surface area contributed by atoms with Crippen LogP contribution in [0.3, 0.4) is 0 Å². The van der Waals surface area contributed by atoms with E-state index in [4.69, 9.17) is 16.6 Å². The quantitative estimate of drug-likeness (QED) is 0.413. The first-order valence-corrected chi connectivity index (χ1v) is 13.6. The summed E-state index contributed by atoms with van der Waals surface area (Å²) in [6.45, 7) is 7.54. The van der Waals surface area contributed by atoms with E-state index >= 15 is 0 Å². The molecule has 1 N–H and O–H groups in total. The van der Waals surface area contributed by atoms with E-state index in [2.05, 4.69) is 69.1 Å². The van der Waals surface area contributed by atoms with Crippen molar-refractivity contribution >= 4 is 17.3 Å². The number of piperidine rings is 1. The molecule has 1 saturated carbocycles. The Kier molecular flexibility index (Phi) is 6.57. The number of aryl methyl sites for hydroxylation is 1. The maximum atomic E-state index is 5.99. The molecule has 0 amide bonds. The monoisotopic (exact) mass is 489 g/mol. The fourth-order valence-electron chi connectivity index (χ4n) is 6.63. The summed E-state index contributed by atoms with van der Waals surface area (Å²) in [5.74, 6) is 1.22. The van der Waals surface area contributed by atoms with Gasteiger partial charge >= 0.3 is 0 Å². The summed E-state index contributed by atoms with van der Waals surface area (Å²) in [5, 5.41) is 4.32. The molecule has 3 atom stereocenters. The highest BCUT2D eigenvalue weighted by Gasteiger charge is 2.46. The number of nitrogens with zero attached hydrogens (tertiary/aromatic N) is 4. The van der Waals surface area contributed by atoms with E-state index in [1.54, 1.807) is 0 Å². The molecule has 1 aromatic heterocycles. The van der Waals surface area contributed by atoms with Crippen LogP contribution in [0, 0.1) is 6.92 Å². The number of fused-ring (bicyclic) bond motifs is 3. The van der Waals surface area contributed by atoms with E-state index in [-0.39, 0.29) is 0 Å². The minimum Gasteiger partial charge on any atom is -0.385 e. The van der Waals surface area contributed by atoms with Gasteiger partial charge in [0.2, 0.25) is 0 Å². The van der Waals surface area contributed by atoms with Crippen molar-refractivity contribution in [1.82, 2.24) is 19.4 Å². The van der Waals surface area contributed by atoms with Crippen LogP contribution in [0.5, 0.6) is 0 Å². The molecule has 0 radical (unpaired) electrons. The van der Waals surface area contributed by atoms with Gasteiger partial charge in [0.1, 0.15) is 5.82 Å². The number of anilines is 1. The first-order valence-electron chi connectivity index (χ1n) is 13.2. The largest absolute Gasteiger partial charge is 0.385 e. The van der Waals surface area contributed by atoms with Crippen LogP contribution in [0.1, 0.15) is 54.5 Å². The highest BCUT2D eigenvalue weighted by Crippen LogP contribution is 2.44. The Balaban J connectivity index is 1.02. The predicted octanol–water partition coefficient (Wildman–Crippen LogP) is 5.68. The molecule has 4 aliphatic rings. The molecule has 4 heterocycles. The van der Waals surface area contributed by atoms with Crippen molar-refractivity contribution in [1.29, 1.82) is 0 Å². The topological polar surface area (TPSA) is 36.3 Å². The molecule has 5 nitrogen and oxygen atoms in total. The molecule has 2 aromatic carbocycles. The van der Waals surface area contributed by atoms with Gasteiger partial charge in [0, 0.05) is 73.7 Å². The van der Waals surface area contributed by atoms with Crippen molar-refractivity contribution < 1.29 is 0 Å². The first kappa shape index (κ1) is 23.1. The van der Waals surface area contributed by atoms with Crippen molar-refractivity contribution in [3.05, 3.63) is 82.4 Å². The number of halogens is 1. The van der Waals surface area contributed by atoms with Crippen LogP contribution < -0.4 is 5.32 Å². The zero-order valence-corrected chi connectivity index (χ0v) is 21.4. The van der Waals surface area contributed by atoms with Crippen molar-refractivity contribution in [2.24, 2.45) is 0 Å². The van der Waals surface area contributed by atoms with E-state index in [9.17, 15) is 0 Å². The van der Waals surface area contributed by atoms with Gasteiger partial charge in [-0.2, -0.15) is 0 Å². The summed E-state index contributed by atoms with van der Waals surface area (Å²) in [6.07, 6.45) is 6.23. The fraction of sp³-hybridized carbons (Fsp3) is 0.483. The molecule has 0 spiro atoms. The second kappa shape index (κ2) is 9.96. The summed E-state index contributed by atoms with van der Waals surface area (Å²) >= 11 is 5.99. The van der Waals surface area contributed by atoms with Crippen LogP contribution in [0.2, 0.25) is 5.02 Å². The van der Waals surface area contributed by atoms with Gasteiger partial charge in [0.25, 0.3) is 0 Å². The normalized spacial score (nSPS) is 24.1. The van der Waals surface area contributed by atoms with Gasteiger partial charge in [-0.3, -0.25) is 9.80 Å². The van der Waals surface area contributed by atoms with Gasteiger partial charge in [0.15, 0.2) is 0 Å². The number of imidazole rings is 1. The third-order valence-electron chi connectivity index (χ3n) is 8.26. The third kappa shape index (κ3) is 4.87. The standard InChI is InChI=1S/C29H36ClN5/c1-21-32-28-20-33(19-22-6-3-2-4-7-22)15-12-29(28)35(21)27-17-25-16-26(18-27)34(25)14-5-13-31-24-10-8-23(30)9-11-24/h2-4,6-11,25-27,31H,5,12-20H2,1H3/t25-,26?,27?/m0/s1. The minimum absolute atomic E-state index is 0.624. The van der Waals surface area contributed by atoms with Gasteiger partial charge in [0.05, 0.1) is 5.69 Å². The van der Waals surface area contributed by atoms with Gasteiger partial charge < -0.3 is 9.88 Å². The fourth-order valence-corrected chi connectivity index (χ4v) is 6.75. The lowest BCUT2D eigenvalue weighted by molar-refractivity contribution is -0.0488. The molecule has 3 fully saturated rings. The van der Waals surface area contributed by atoms with E-state index in [1.807, 2.05) is 12.1 Å². The Morgan fingerprint density at radius 1 is 0.971 bits per heavy atom. The van der Waals surface area contributed by atoms with Crippen molar-refractivity contribution in [2.75, 3.05) is 25.0 Å². The molecular formula is C29H36ClN5. The van der Waals surface area contributed by atoms with Gasteiger partial charge in [-0.15, -0.1) is 0 Å². The molecule has 184 valence electrons. The van der Waals surface area contributed by atoms with Gasteiger partial charge in [-0.05, 0) is 62.4 Å². The summed E-state index contributed by atoms with van der Waals surface area (Å²) < 4.78 is 2.63. The minimum atomic E-state index is 0.624. The van der Waals surface area contributed by atoms with Crippen LogP contribution in [-0.4, -0.2) is 51.1 Å². The van der Waals surface area contributed by atoms with Crippen LogP contribution in [0.15, 0.2) is 54.6 Å². The lowest BCUT2D eigenvalue weighted by atomic mass is 9.76. The average molecular weight is 490 g/mol. The van der Waals surface area contributed by atoms with E-state index in [0.717, 1.165) is 55.4 Å². The molecule has 1 aliphatic carbocycles. The lowest BCUT2D eigenvalue weighted by Crippen LogP contribution is -2.61. The zero-order valence-electron chi connectivity index (χ0n) is 20.7. The Morgan fingerprint density at radius 2 is 1.71 bits per heavy atom. The lowest BCUT2D eigenvalue weighted by Gasteiger charge is -2.56. The van der Waals surface area contributed by atoms with Crippen LogP contribution >= 0.6 is 11.6 Å². The molecule has 2 unspecified atom stereocenters. The van der Waals surface area contributed by atoms with Crippen molar-refractivity contribution in [3.63, 3.8) is 0 Å². The third-order valence-corrected chi connectivity index (χ3v) is 8.51. The summed E-state index contributed by atoms with van der Waals surface area (Å²) in [4.78, 5) is 10.4. The van der Waals surface area contributed by atoms with E-state index in [1.165, 1.54) is 55.0 Å². The summed E-state index contributed by atoms with van der Waals surface area (Å²) in [5.41, 5.74) is 5.37. The van der Waals surface area contributed by atoms with Crippen molar-refractivity contribution in [3.8, 4) is 0 Å². The molecule has 2 saturated heterocycles. The van der Waals surface area contributed by atoms with E-state index in [0.29, 0.717) is 6.04 Å². The number of hydrogen-bond acceptors (Lipinski definition) is 4. The SMILES string of the molecule is Cc1nc2c(n1C1CC3C[C@@H](C1)N3CCCNc1ccc(Cl)cc1)CCN(Cc1ccccc1)C2. The Hall–Kier alpha value is -2.34. The molecule has 3 aromatic rings. The van der Waals surface area contributed by atoms with Crippen LogP contribution in [-0.2, 0) is 19.5 Å². The van der Waals surface area contributed by atoms with E-state index < -0.39 is 0 Å². The average Bonchev–Trinajstić information content (AvgIpc) is 3.20. The van der Waals surface area contributed by atoms with Gasteiger partial charge in [-0.25, -0.2) is 4.98 Å². The van der Waals surface area contributed by atoms with Gasteiger partial charge in [-0.1, -0.05) is 41.9 Å². The number of benzene rings is 2. The van der Waals surface area contributed by atoms with Crippen LogP contribution in [0.4, 0.5) is 5.69 Å². The number of aromatic nitrogens is 2. The molecule has 7 rings (SSSR count). The first-order chi connectivity index (χ1) is 17.1. The number of rotatable bonds is 8. The summed E-state index contributed by atoms with van der Waals surface area (Å²) in [7, 11) is 0. The molecule has 6 heteroatoms.